The molecule has 2 amide bonds. The van der Waals surface area contributed by atoms with E-state index >= 15 is 0 Å². The minimum Gasteiger partial charge on any atom is -0.465 e. The molecule has 7 heteroatoms. The maximum absolute atomic E-state index is 10.8. The summed E-state index contributed by atoms with van der Waals surface area (Å²) in [5, 5.41) is 21.0. The van der Waals surface area contributed by atoms with Crippen molar-refractivity contribution in [3.63, 3.8) is 0 Å². The van der Waals surface area contributed by atoms with Crippen molar-refractivity contribution in [1.82, 2.24) is 5.32 Å². The van der Waals surface area contributed by atoms with Crippen LogP contribution in [-0.4, -0.2) is 29.4 Å². The summed E-state index contributed by atoms with van der Waals surface area (Å²) >= 11 is 0. The van der Waals surface area contributed by atoms with Gasteiger partial charge in [-0.15, -0.1) is 0 Å². The molecule has 0 aromatic carbocycles. The van der Waals surface area contributed by atoms with Gasteiger partial charge in [-0.2, -0.15) is 5.26 Å². The number of amides is 2. The standard InChI is InChI=1S/C6H7N3O4/c1-2-13-9-4(3-7)5(10)8-6(11)12/h2H2,1H3,(H,8,10)(H,11,12)/b9-4-. The van der Waals surface area contributed by atoms with E-state index in [9.17, 15) is 9.59 Å². The second kappa shape index (κ2) is 5.54. The first-order valence-corrected chi connectivity index (χ1v) is 3.26. The molecule has 70 valence electrons. The molecule has 7 nitrogen and oxygen atoms in total. The van der Waals surface area contributed by atoms with Crippen LogP contribution in [0.3, 0.4) is 0 Å². The van der Waals surface area contributed by atoms with Crippen molar-refractivity contribution in [1.29, 1.82) is 5.26 Å². The zero-order valence-corrected chi connectivity index (χ0v) is 6.77. The van der Waals surface area contributed by atoms with E-state index in [1.807, 2.05) is 0 Å². The summed E-state index contributed by atoms with van der Waals surface area (Å²) in [6, 6.07) is 1.39. The lowest BCUT2D eigenvalue weighted by molar-refractivity contribution is -0.114. The Hall–Kier alpha value is -2.10. The van der Waals surface area contributed by atoms with Crippen LogP contribution in [0.2, 0.25) is 0 Å². The summed E-state index contributed by atoms with van der Waals surface area (Å²) in [6.07, 6.45) is -1.55. The number of nitriles is 1. The highest BCUT2D eigenvalue weighted by Gasteiger charge is 2.13. The number of nitrogens with zero attached hydrogens (tertiary/aromatic N) is 2. The van der Waals surface area contributed by atoms with Crippen molar-refractivity contribution in [3.05, 3.63) is 0 Å². The minimum atomic E-state index is -1.55. The maximum atomic E-state index is 10.8. The first-order chi connectivity index (χ1) is 6.11. The van der Waals surface area contributed by atoms with Gasteiger partial charge in [0.2, 0.25) is 5.71 Å². The second-order valence-electron chi connectivity index (χ2n) is 1.73. The van der Waals surface area contributed by atoms with E-state index in [4.69, 9.17) is 10.4 Å². The molecule has 0 aliphatic carbocycles. The molecule has 0 spiro atoms. The van der Waals surface area contributed by atoms with Crippen LogP contribution in [0, 0.1) is 11.3 Å². The van der Waals surface area contributed by atoms with Gasteiger partial charge in [0.05, 0.1) is 0 Å². The van der Waals surface area contributed by atoms with E-state index in [1.54, 1.807) is 6.92 Å². The van der Waals surface area contributed by atoms with Crippen molar-refractivity contribution >= 4 is 17.7 Å². The molecule has 0 rings (SSSR count). The van der Waals surface area contributed by atoms with Gasteiger partial charge in [-0.1, -0.05) is 5.16 Å². The number of rotatable bonds is 3. The largest absolute Gasteiger partial charge is 0.465 e. The molecule has 2 N–H and O–H groups in total. The highest BCUT2D eigenvalue weighted by Crippen LogP contribution is 1.81. The monoisotopic (exact) mass is 185 g/mol. The zero-order valence-electron chi connectivity index (χ0n) is 6.77. The number of carbonyl (C=O) groups excluding carboxylic acids is 1. The van der Waals surface area contributed by atoms with Gasteiger partial charge in [-0.3, -0.25) is 10.1 Å². The van der Waals surface area contributed by atoms with Gasteiger partial charge in [0, 0.05) is 0 Å². The molecule has 13 heavy (non-hydrogen) atoms. The molecule has 0 aliphatic rings. The third-order valence-electron chi connectivity index (χ3n) is 0.826. The predicted octanol–water partition coefficient (Wildman–Crippen LogP) is -0.303. The number of nitrogens with one attached hydrogen (secondary N) is 1. The highest BCUT2D eigenvalue weighted by atomic mass is 16.6. The summed E-state index contributed by atoms with van der Waals surface area (Å²) in [4.78, 5) is 25.1. The van der Waals surface area contributed by atoms with Crippen LogP contribution >= 0.6 is 0 Å². The van der Waals surface area contributed by atoms with Gasteiger partial charge in [0.25, 0.3) is 5.91 Å². The van der Waals surface area contributed by atoms with Gasteiger partial charge in [-0.25, -0.2) is 4.79 Å². The van der Waals surface area contributed by atoms with Crippen molar-refractivity contribution in [2.24, 2.45) is 5.16 Å². The average Bonchev–Trinajstić information content (AvgIpc) is 2.04. The fourth-order valence-electron chi connectivity index (χ4n) is 0.398. The lowest BCUT2D eigenvalue weighted by atomic mass is 10.4. The molecule has 0 atom stereocenters. The molecule has 0 saturated heterocycles. The van der Waals surface area contributed by atoms with Crippen molar-refractivity contribution in [3.8, 4) is 6.07 Å². The average molecular weight is 185 g/mol. The molecule has 0 aromatic rings. The third-order valence-corrected chi connectivity index (χ3v) is 0.826. The summed E-state index contributed by atoms with van der Waals surface area (Å²) in [5.41, 5.74) is -0.635. The van der Waals surface area contributed by atoms with Crippen LogP contribution in [0.15, 0.2) is 5.16 Å². The first kappa shape index (κ1) is 10.9. The van der Waals surface area contributed by atoms with E-state index in [1.165, 1.54) is 11.4 Å². The molecular formula is C6H7N3O4. The second-order valence-corrected chi connectivity index (χ2v) is 1.73. The van der Waals surface area contributed by atoms with Crippen LogP contribution in [0.4, 0.5) is 4.79 Å². The van der Waals surface area contributed by atoms with Gasteiger partial charge in [0.15, 0.2) is 0 Å². The van der Waals surface area contributed by atoms with Crippen LogP contribution in [0.5, 0.6) is 0 Å². The van der Waals surface area contributed by atoms with Crippen LogP contribution in [0.25, 0.3) is 0 Å². The van der Waals surface area contributed by atoms with Gasteiger partial charge >= 0.3 is 6.09 Å². The molecule has 0 saturated carbocycles. The Kier molecular flexibility index (Phi) is 4.64. The normalized spacial score (nSPS) is 10.0. The van der Waals surface area contributed by atoms with Gasteiger partial charge < -0.3 is 9.94 Å². The number of carboxylic acid groups (broad SMARTS) is 1. The molecule has 0 fully saturated rings. The Bertz CT molecular complexity index is 278. The maximum Gasteiger partial charge on any atom is 0.411 e. The number of oxime groups is 1. The van der Waals surface area contributed by atoms with Crippen molar-refractivity contribution < 1.29 is 19.5 Å². The summed E-state index contributed by atoms with van der Waals surface area (Å²) in [7, 11) is 0. The van der Waals surface area contributed by atoms with E-state index in [0.29, 0.717) is 0 Å². The number of imide groups is 1. The topological polar surface area (TPSA) is 112 Å². The van der Waals surface area contributed by atoms with Crippen molar-refractivity contribution in [2.45, 2.75) is 6.92 Å². The SMILES string of the molecule is CCO/N=C(/C#N)C(=O)NC(=O)O. The minimum absolute atomic E-state index is 0.186. The molecule has 0 bridgehead atoms. The van der Waals surface area contributed by atoms with E-state index < -0.39 is 17.7 Å². The third kappa shape index (κ3) is 4.36. The van der Waals surface area contributed by atoms with Crippen LogP contribution in [-0.2, 0) is 9.63 Å². The smallest absolute Gasteiger partial charge is 0.411 e. The number of carbonyl (C=O) groups is 2. The van der Waals surface area contributed by atoms with Gasteiger partial charge in [-0.05, 0) is 6.92 Å². The Morgan fingerprint density at radius 2 is 2.31 bits per heavy atom. The lowest BCUT2D eigenvalue weighted by Crippen LogP contribution is -2.34. The predicted molar refractivity (Wildman–Crippen MR) is 40.8 cm³/mol. The Morgan fingerprint density at radius 1 is 1.69 bits per heavy atom. The Labute approximate surface area is 73.6 Å². The Balaban J connectivity index is 4.34. The highest BCUT2D eigenvalue weighted by molar-refractivity contribution is 6.46. The molecule has 0 aromatic heterocycles. The molecule has 0 unspecified atom stereocenters. The van der Waals surface area contributed by atoms with E-state index in [-0.39, 0.29) is 6.61 Å². The molecule has 0 radical (unpaired) electrons. The summed E-state index contributed by atoms with van der Waals surface area (Å²) in [5.74, 6) is -1.11. The number of hydrogen-bond acceptors (Lipinski definition) is 5. The fourth-order valence-corrected chi connectivity index (χ4v) is 0.398. The summed E-state index contributed by atoms with van der Waals surface area (Å²) < 4.78 is 0. The van der Waals surface area contributed by atoms with Crippen LogP contribution in [0.1, 0.15) is 6.92 Å². The van der Waals surface area contributed by atoms with Crippen molar-refractivity contribution in [2.75, 3.05) is 6.61 Å². The quantitative estimate of drug-likeness (QED) is 0.463. The molecule has 0 heterocycles. The van der Waals surface area contributed by atoms with E-state index in [2.05, 4.69) is 9.99 Å². The summed E-state index contributed by atoms with van der Waals surface area (Å²) in [6.45, 7) is 1.79. The van der Waals surface area contributed by atoms with Gasteiger partial charge in [0.1, 0.15) is 12.7 Å². The molecule has 0 aliphatic heterocycles. The van der Waals surface area contributed by atoms with Crippen LogP contribution < -0.4 is 5.32 Å². The van der Waals surface area contributed by atoms with E-state index in [0.717, 1.165) is 0 Å². The first-order valence-electron chi connectivity index (χ1n) is 3.26. The molecular weight excluding hydrogens is 178 g/mol. The lowest BCUT2D eigenvalue weighted by Gasteiger charge is -1.96. The number of hydrogen-bond donors (Lipinski definition) is 2. The zero-order chi connectivity index (χ0) is 10.3. The fraction of sp³-hybridized carbons (Fsp3) is 0.333. The Morgan fingerprint density at radius 3 is 2.69 bits per heavy atom.